The summed E-state index contributed by atoms with van der Waals surface area (Å²) >= 11 is 0. The second kappa shape index (κ2) is 9.35. The molecule has 19 heavy (non-hydrogen) atoms. The highest BCUT2D eigenvalue weighted by Gasteiger charge is 2.00. The number of carbonyl (C=O) groups excluding carboxylic acids is 1. The molecule has 106 valence electrons. The van der Waals surface area contributed by atoms with Gasteiger partial charge in [-0.25, -0.2) is 4.79 Å². The van der Waals surface area contributed by atoms with E-state index < -0.39 is 0 Å². The third-order valence-corrected chi connectivity index (χ3v) is 2.57. The quantitative estimate of drug-likeness (QED) is 0.704. The molecule has 2 N–H and O–H groups in total. The van der Waals surface area contributed by atoms with Crippen molar-refractivity contribution in [3.63, 3.8) is 0 Å². The predicted octanol–water partition coefficient (Wildman–Crippen LogP) is 1.67. The molecule has 0 aliphatic carbocycles. The van der Waals surface area contributed by atoms with Crippen LogP contribution in [0.5, 0.6) is 0 Å². The first-order chi connectivity index (χ1) is 9.26. The number of ether oxygens (including phenoxy) is 2. The van der Waals surface area contributed by atoms with E-state index in [1.165, 1.54) is 0 Å². The van der Waals surface area contributed by atoms with E-state index in [0.717, 1.165) is 17.5 Å². The molecule has 5 heteroatoms. The van der Waals surface area contributed by atoms with Crippen LogP contribution in [0.25, 0.3) is 0 Å². The Labute approximate surface area is 114 Å². The number of nitrogens with one attached hydrogen (secondary N) is 2. The van der Waals surface area contributed by atoms with E-state index in [0.29, 0.717) is 26.3 Å². The van der Waals surface area contributed by atoms with E-state index >= 15 is 0 Å². The molecule has 0 aliphatic rings. The van der Waals surface area contributed by atoms with E-state index in [1.807, 2.05) is 24.3 Å². The third-order valence-electron chi connectivity index (χ3n) is 2.57. The summed E-state index contributed by atoms with van der Waals surface area (Å²) in [6.07, 6.45) is 0.813. The van der Waals surface area contributed by atoms with E-state index in [2.05, 4.69) is 10.6 Å². The summed E-state index contributed by atoms with van der Waals surface area (Å²) in [7, 11) is 3.31. The molecule has 1 aromatic carbocycles. The molecular weight excluding hydrogens is 244 g/mol. The zero-order valence-electron chi connectivity index (χ0n) is 11.6. The summed E-state index contributed by atoms with van der Waals surface area (Å²) in [5.41, 5.74) is 2.16. The Balaban J connectivity index is 2.27. The molecule has 0 fully saturated rings. The van der Waals surface area contributed by atoms with Crippen LogP contribution >= 0.6 is 0 Å². The van der Waals surface area contributed by atoms with Gasteiger partial charge in [-0.2, -0.15) is 0 Å². The van der Waals surface area contributed by atoms with Gasteiger partial charge in [0.25, 0.3) is 0 Å². The molecule has 0 unspecified atom stereocenters. The number of amides is 2. The Kier molecular flexibility index (Phi) is 7.62. The van der Waals surface area contributed by atoms with Gasteiger partial charge in [-0.05, 0) is 17.5 Å². The van der Waals surface area contributed by atoms with Crippen LogP contribution in [0.2, 0.25) is 0 Å². The molecule has 1 rings (SSSR count). The van der Waals surface area contributed by atoms with Crippen molar-refractivity contribution in [2.45, 2.75) is 19.6 Å². The first kappa shape index (κ1) is 15.5. The highest BCUT2D eigenvalue weighted by molar-refractivity contribution is 5.73. The standard InChI is InChI=1S/C14H22N2O3/c1-18-8-4-7-15-14(17)16-10-12-5-3-6-13(9-12)11-19-2/h3,5-6,9H,4,7-8,10-11H2,1-2H3,(H2,15,16,17). The van der Waals surface area contributed by atoms with Crippen molar-refractivity contribution in [1.29, 1.82) is 0 Å². The topological polar surface area (TPSA) is 59.6 Å². The Morgan fingerprint density at radius 2 is 1.95 bits per heavy atom. The number of carbonyl (C=O) groups is 1. The van der Waals surface area contributed by atoms with Gasteiger partial charge >= 0.3 is 6.03 Å². The smallest absolute Gasteiger partial charge is 0.315 e. The summed E-state index contributed by atoms with van der Waals surface area (Å²) < 4.78 is 9.98. The van der Waals surface area contributed by atoms with Crippen molar-refractivity contribution in [3.05, 3.63) is 35.4 Å². The zero-order valence-corrected chi connectivity index (χ0v) is 11.6. The summed E-state index contributed by atoms with van der Waals surface area (Å²) in [5, 5.41) is 5.59. The van der Waals surface area contributed by atoms with Crippen molar-refractivity contribution in [2.75, 3.05) is 27.4 Å². The number of methoxy groups -OCH3 is 2. The molecule has 5 nitrogen and oxygen atoms in total. The third kappa shape index (κ3) is 6.79. The van der Waals surface area contributed by atoms with E-state index in [9.17, 15) is 4.79 Å². The van der Waals surface area contributed by atoms with E-state index in [4.69, 9.17) is 9.47 Å². The summed E-state index contributed by atoms with van der Waals surface area (Å²) in [6.45, 7) is 2.35. The van der Waals surface area contributed by atoms with Crippen LogP contribution in [0.1, 0.15) is 17.5 Å². The van der Waals surface area contributed by atoms with Gasteiger partial charge in [-0.3, -0.25) is 0 Å². The molecule has 0 atom stereocenters. The van der Waals surface area contributed by atoms with Gasteiger partial charge in [0.05, 0.1) is 6.61 Å². The van der Waals surface area contributed by atoms with Gasteiger partial charge in [0.15, 0.2) is 0 Å². The lowest BCUT2D eigenvalue weighted by atomic mass is 10.1. The molecule has 2 amide bonds. The second-order valence-corrected chi connectivity index (χ2v) is 4.21. The molecule has 0 heterocycles. The second-order valence-electron chi connectivity index (χ2n) is 4.21. The van der Waals surface area contributed by atoms with Gasteiger partial charge in [0, 0.05) is 33.9 Å². The molecule has 0 aliphatic heterocycles. The van der Waals surface area contributed by atoms with Gasteiger partial charge < -0.3 is 20.1 Å². The highest BCUT2D eigenvalue weighted by Crippen LogP contribution is 2.06. The fourth-order valence-electron chi connectivity index (χ4n) is 1.66. The van der Waals surface area contributed by atoms with Crippen LogP contribution in [0.4, 0.5) is 4.79 Å². The Hall–Kier alpha value is -1.59. The van der Waals surface area contributed by atoms with Crippen LogP contribution < -0.4 is 10.6 Å². The summed E-state index contributed by atoms with van der Waals surface area (Å²) in [5.74, 6) is 0. The molecule has 1 aromatic rings. The molecule has 0 saturated carbocycles. The first-order valence-corrected chi connectivity index (χ1v) is 6.33. The first-order valence-electron chi connectivity index (χ1n) is 6.33. The molecule has 0 aromatic heterocycles. The number of rotatable bonds is 8. The SMILES string of the molecule is COCCCNC(=O)NCc1cccc(COC)c1. The molecular formula is C14H22N2O3. The average Bonchev–Trinajstić information content (AvgIpc) is 2.42. The van der Waals surface area contributed by atoms with Gasteiger partial charge in [-0.15, -0.1) is 0 Å². The van der Waals surface area contributed by atoms with Crippen molar-refractivity contribution in [2.24, 2.45) is 0 Å². The lowest BCUT2D eigenvalue weighted by Crippen LogP contribution is -2.35. The van der Waals surface area contributed by atoms with Crippen LogP contribution in [0, 0.1) is 0 Å². The minimum absolute atomic E-state index is 0.159. The number of urea groups is 1. The Morgan fingerprint density at radius 3 is 2.68 bits per heavy atom. The van der Waals surface area contributed by atoms with Crippen LogP contribution in [-0.4, -0.2) is 33.4 Å². The van der Waals surface area contributed by atoms with Gasteiger partial charge in [0.1, 0.15) is 0 Å². The largest absolute Gasteiger partial charge is 0.385 e. The highest BCUT2D eigenvalue weighted by atomic mass is 16.5. The minimum atomic E-state index is -0.159. The van der Waals surface area contributed by atoms with Gasteiger partial charge in [0.2, 0.25) is 0 Å². The summed E-state index contributed by atoms with van der Waals surface area (Å²) in [6, 6.07) is 7.80. The predicted molar refractivity (Wildman–Crippen MR) is 73.9 cm³/mol. The van der Waals surface area contributed by atoms with Crippen molar-refractivity contribution >= 4 is 6.03 Å². The fraction of sp³-hybridized carbons (Fsp3) is 0.500. The number of hydrogen-bond acceptors (Lipinski definition) is 3. The van der Waals surface area contributed by atoms with Crippen LogP contribution in [0.3, 0.4) is 0 Å². The zero-order chi connectivity index (χ0) is 13.9. The fourth-order valence-corrected chi connectivity index (χ4v) is 1.66. The minimum Gasteiger partial charge on any atom is -0.385 e. The van der Waals surface area contributed by atoms with Crippen molar-refractivity contribution in [1.82, 2.24) is 10.6 Å². The Bertz CT molecular complexity index is 383. The maximum absolute atomic E-state index is 11.5. The number of benzene rings is 1. The van der Waals surface area contributed by atoms with E-state index in [1.54, 1.807) is 14.2 Å². The lowest BCUT2D eigenvalue weighted by molar-refractivity contribution is 0.185. The van der Waals surface area contributed by atoms with Crippen LogP contribution in [0.15, 0.2) is 24.3 Å². The molecule has 0 radical (unpaired) electrons. The number of hydrogen-bond donors (Lipinski definition) is 2. The van der Waals surface area contributed by atoms with Crippen molar-refractivity contribution in [3.8, 4) is 0 Å². The maximum Gasteiger partial charge on any atom is 0.315 e. The normalized spacial score (nSPS) is 10.2. The molecule has 0 saturated heterocycles. The van der Waals surface area contributed by atoms with Gasteiger partial charge in [-0.1, -0.05) is 24.3 Å². The molecule has 0 spiro atoms. The monoisotopic (exact) mass is 266 g/mol. The maximum atomic E-state index is 11.5. The Morgan fingerprint density at radius 1 is 1.16 bits per heavy atom. The van der Waals surface area contributed by atoms with E-state index in [-0.39, 0.29) is 6.03 Å². The average molecular weight is 266 g/mol. The van der Waals surface area contributed by atoms with Crippen LogP contribution in [-0.2, 0) is 22.6 Å². The molecule has 0 bridgehead atoms. The van der Waals surface area contributed by atoms with Crippen molar-refractivity contribution < 1.29 is 14.3 Å². The summed E-state index contributed by atoms with van der Waals surface area (Å²) in [4.78, 5) is 11.5. The lowest BCUT2D eigenvalue weighted by Gasteiger charge is -2.08.